The van der Waals surface area contributed by atoms with Crippen molar-refractivity contribution >= 4 is 51.1 Å². The third kappa shape index (κ3) is 5.46. The van der Waals surface area contributed by atoms with Crippen LogP contribution in [-0.2, 0) is 11.3 Å². The lowest BCUT2D eigenvalue weighted by molar-refractivity contribution is -0.192. The maximum atomic E-state index is 13.8. The summed E-state index contributed by atoms with van der Waals surface area (Å²) in [5.74, 6) is -2.76. The molecule has 2 N–H and O–H groups in total. The third-order valence-electron chi connectivity index (χ3n) is 6.23. The van der Waals surface area contributed by atoms with E-state index in [0.717, 1.165) is 54.5 Å². The number of para-hydroxylation sites is 1. The van der Waals surface area contributed by atoms with Gasteiger partial charge in [0.1, 0.15) is 5.69 Å². The molecule has 0 radical (unpaired) electrons. The predicted octanol–water partition coefficient (Wildman–Crippen LogP) is 5.90. The highest BCUT2D eigenvalue weighted by Gasteiger charge is 2.38. The van der Waals surface area contributed by atoms with Gasteiger partial charge in [0.25, 0.3) is 5.56 Å². The Bertz CT molecular complexity index is 1530. The van der Waals surface area contributed by atoms with Crippen molar-refractivity contribution in [2.75, 3.05) is 13.1 Å². The zero-order valence-corrected chi connectivity index (χ0v) is 21.2. The van der Waals surface area contributed by atoms with Crippen molar-refractivity contribution in [3.63, 3.8) is 0 Å². The molecule has 12 heteroatoms. The van der Waals surface area contributed by atoms with E-state index in [-0.39, 0.29) is 11.6 Å². The number of rotatable bonds is 3. The molecule has 1 aliphatic heterocycles. The van der Waals surface area contributed by atoms with E-state index in [4.69, 9.17) is 38.1 Å². The molecule has 0 saturated carbocycles. The van der Waals surface area contributed by atoms with Crippen molar-refractivity contribution < 1.29 is 23.1 Å². The molecule has 1 fully saturated rings. The zero-order valence-electron chi connectivity index (χ0n) is 19.6. The second-order valence-electron chi connectivity index (χ2n) is 8.52. The fourth-order valence-corrected chi connectivity index (χ4v) is 4.82. The van der Waals surface area contributed by atoms with Gasteiger partial charge in [-0.2, -0.15) is 13.2 Å². The number of aryl methyl sites for hydroxylation is 1. The Labute approximate surface area is 219 Å². The van der Waals surface area contributed by atoms with Gasteiger partial charge < -0.3 is 19.6 Å². The monoisotopic (exact) mass is 554 g/mol. The average molecular weight is 555 g/mol. The van der Waals surface area contributed by atoms with E-state index in [1.165, 1.54) is 0 Å². The van der Waals surface area contributed by atoms with Gasteiger partial charge in [-0.15, -0.1) is 0 Å². The van der Waals surface area contributed by atoms with E-state index >= 15 is 0 Å². The first-order chi connectivity index (χ1) is 17.5. The topological polar surface area (TPSA) is 89.2 Å². The number of fused-ring (bicyclic) bond motifs is 2. The molecule has 4 aromatic rings. The first-order valence-corrected chi connectivity index (χ1v) is 12.3. The normalized spacial score (nSPS) is 14.5. The van der Waals surface area contributed by atoms with Gasteiger partial charge in [0.15, 0.2) is 0 Å². The Morgan fingerprint density at radius 2 is 1.76 bits per heavy atom. The van der Waals surface area contributed by atoms with Gasteiger partial charge in [-0.3, -0.25) is 4.79 Å². The Balaban J connectivity index is 0.000000405. The minimum Gasteiger partial charge on any atom is -0.475 e. The molecule has 196 valence electrons. The fraction of sp³-hybridized carbons (Fsp3) is 0.320. The van der Waals surface area contributed by atoms with Gasteiger partial charge in [0, 0.05) is 35.2 Å². The molecular weight excluding hydrogens is 532 g/mol. The van der Waals surface area contributed by atoms with E-state index in [0.29, 0.717) is 21.3 Å². The molecule has 0 bridgehead atoms. The van der Waals surface area contributed by atoms with Crippen LogP contribution in [0.25, 0.3) is 33.2 Å². The molecular formula is C25H23Cl2F3N4O3. The molecule has 37 heavy (non-hydrogen) atoms. The van der Waals surface area contributed by atoms with E-state index in [9.17, 15) is 18.0 Å². The van der Waals surface area contributed by atoms with E-state index < -0.39 is 12.1 Å². The van der Waals surface area contributed by atoms with E-state index in [1.54, 1.807) is 12.1 Å². The first kappa shape index (κ1) is 27.0. The average Bonchev–Trinajstić information content (AvgIpc) is 3.24. The van der Waals surface area contributed by atoms with Crippen molar-refractivity contribution in [1.82, 2.24) is 19.4 Å². The van der Waals surface area contributed by atoms with Crippen LogP contribution in [0.4, 0.5) is 13.2 Å². The van der Waals surface area contributed by atoms with Crippen LogP contribution in [0.15, 0.2) is 47.4 Å². The van der Waals surface area contributed by atoms with Crippen molar-refractivity contribution in [1.29, 1.82) is 0 Å². The summed E-state index contributed by atoms with van der Waals surface area (Å²) >= 11 is 12.6. The molecule has 3 heterocycles. The van der Waals surface area contributed by atoms with Crippen LogP contribution in [0.3, 0.4) is 0 Å². The minimum absolute atomic E-state index is 0.0770. The number of aromatic nitrogens is 3. The Morgan fingerprint density at radius 1 is 1.14 bits per heavy atom. The summed E-state index contributed by atoms with van der Waals surface area (Å²) < 4.78 is 35.8. The smallest absolute Gasteiger partial charge is 0.475 e. The van der Waals surface area contributed by atoms with E-state index in [1.807, 2.05) is 29.0 Å². The highest BCUT2D eigenvalue weighted by Crippen LogP contribution is 2.33. The summed E-state index contributed by atoms with van der Waals surface area (Å²) in [6.45, 7) is 4.68. The fourth-order valence-electron chi connectivity index (χ4n) is 4.50. The Kier molecular flexibility index (Phi) is 7.82. The summed E-state index contributed by atoms with van der Waals surface area (Å²) in [6, 6.07) is 11.8. The first-order valence-electron chi connectivity index (χ1n) is 11.5. The molecule has 5 rings (SSSR count). The van der Waals surface area contributed by atoms with Crippen LogP contribution in [0, 0.1) is 0 Å². The number of alkyl halides is 3. The summed E-state index contributed by atoms with van der Waals surface area (Å²) in [6.07, 6.45) is -1.28. The zero-order chi connectivity index (χ0) is 26.9. The number of nitrogens with zero attached hydrogens (tertiary/aromatic N) is 3. The largest absolute Gasteiger partial charge is 0.490 e. The molecule has 2 aromatic carbocycles. The van der Waals surface area contributed by atoms with Crippen molar-refractivity contribution in [2.24, 2.45) is 0 Å². The quantitative estimate of drug-likeness (QED) is 0.329. The summed E-state index contributed by atoms with van der Waals surface area (Å²) in [4.78, 5) is 27.5. The molecule has 0 amide bonds. The number of aliphatic carboxylic acids is 1. The number of hydrogen-bond acceptors (Lipinski definition) is 4. The van der Waals surface area contributed by atoms with Gasteiger partial charge in [0.2, 0.25) is 0 Å². The SMILES string of the molecule is CCn1cc(-c2nc3cc(Cl)c(Cl)cc3n(C3CCNCC3)c2=O)c2ccccc21.O=C(O)C(F)(F)F. The molecule has 0 aliphatic carbocycles. The minimum atomic E-state index is -5.08. The molecule has 1 saturated heterocycles. The maximum absolute atomic E-state index is 13.8. The summed E-state index contributed by atoms with van der Waals surface area (Å²) in [7, 11) is 0. The molecule has 7 nitrogen and oxygen atoms in total. The number of carbonyl (C=O) groups is 1. The van der Waals surface area contributed by atoms with Crippen LogP contribution >= 0.6 is 23.2 Å². The Morgan fingerprint density at radius 3 is 2.38 bits per heavy atom. The Hall–Kier alpha value is -3.08. The van der Waals surface area contributed by atoms with Crippen LogP contribution in [0.2, 0.25) is 10.0 Å². The number of halogens is 5. The van der Waals surface area contributed by atoms with Crippen molar-refractivity contribution in [2.45, 2.75) is 38.5 Å². The number of benzene rings is 2. The second kappa shape index (κ2) is 10.7. The lowest BCUT2D eigenvalue weighted by Crippen LogP contribution is -2.35. The van der Waals surface area contributed by atoms with Crippen LogP contribution in [0.5, 0.6) is 0 Å². The molecule has 0 spiro atoms. The predicted molar refractivity (Wildman–Crippen MR) is 137 cm³/mol. The maximum Gasteiger partial charge on any atom is 0.490 e. The van der Waals surface area contributed by atoms with Gasteiger partial charge in [-0.25, -0.2) is 9.78 Å². The highest BCUT2D eigenvalue weighted by molar-refractivity contribution is 6.42. The number of nitrogens with one attached hydrogen (secondary N) is 1. The van der Waals surface area contributed by atoms with Crippen LogP contribution in [0.1, 0.15) is 25.8 Å². The highest BCUT2D eigenvalue weighted by atomic mass is 35.5. The van der Waals surface area contributed by atoms with Crippen molar-refractivity contribution in [3.8, 4) is 11.3 Å². The third-order valence-corrected chi connectivity index (χ3v) is 6.95. The number of piperidine rings is 1. The van der Waals surface area contributed by atoms with Gasteiger partial charge >= 0.3 is 12.1 Å². The number of carboxylic acid groups (broad SMARTS) is 1. The summed E-state index contributed by atoms with van der Waals surface area (Å²) in [5.41, 5.74) is 3.76. The standard InChI is InChI=1S/C23H22Cl2N4O.C2HF3O2/c1-2-28-13-16(15-5-3-4-6-20(15)28)22-23(30)29(14-7-9-26-10-8-14)21-12-18(25)17(24)11-19(21)27-22;3-2(4,5)1(6)7/h3-6,11-14,26H,2,7-10H2,1H3;(H,6,7). The molecule has 1 aliphatic rings. The molecule has 0 atom stereocenters. The molecule has 2 aromatic heterocycles. The van der Waals surface area contributed by atoms with Crippen molar-refractivity contribution in [3.05, 3.63) is 63.0 Å². The van der Waals surface area contributed by atoms with Gasteiger partial charge in [-0.05, 0) is 51.1 Å². The van der Waals surface area contributed by atoms with Crippen LogP contribution < -0.4 is 10.9 Å². The molecule has 0 unspecified atom stereocenters. The lowest BCUT2D eigenvalue weighted by atomic mass is 10.0. The number of hydrogen-bond donors (Lipinski definition) is 2. The summed E-state index contributed by atoms with van der Waals surface area (Å²) in [5, 5.41) is 12.4. The van der Waals surface area contributed by atoms with Gasteiger partial charge in [0.05, 0.1) is 21.1 Å². The van der Waals surface area contributed by atoms with Gasteiger partial charge in [-0.1, -0.05) is 41.4 Å². The second-order valence-corrected chi connectivity index (χ2v) is 9.34. The van der Waals surface area contributed by atoms with E-state index in [2.05, 4.69) is 22.9 Å². The van der Waals surface area contributed by atoms with Crippen LogP contribution in [-0.4, -0.2) is 44.5 Å². The lowest BCUT2D eigenvalue weighted by Gasteiger charge is -2.26. The number of carboxylic acids is 1.